The number of sulfonamides is 1. The Morgan fingerprint density at radius 2 is 1.71 bits per heavy atom. The fourth-order valence-corrected chi connectivity index (χ4v) is 7.91. The number of nitrogens with one attached hydrogen (secondary N) is 4. The highest BCUT2D eigenvalue weighted by Gasteiger charge is 2.38. The van der Waals surface area contributed by atoms with E-state index in [9.17, 15) is 27.6 Å². The Hall–Kier alpha value is -4.35. The van der Waals surface area contributed by atoms with Gasteiger partial charge in [0.2, 0.25) is 21.8 Å². The van der Waals surface area contributed by atoms with E-state index in [-0.39, 0.29) is 68.2 Å². The lowest BCUT2D eigenvalue weighted by Gasteiger charge is -2.23. The Morgan fingerprint density at radius 3 is 2.45 bits per heavy atom. The second-order valence-electron chi connectivity index (χ2n) is 12.6. The molecule has 5 N–H and O–H groups in total. The molecule has 1 saturated heterocycles. The van der Waals surface area contributed by atoms with Crippen LogP contribution in [0, 0.1) is 0 Å². The fourth-order valence-electron chi connectivity index (χ4n) is 5.88. The number of nitrogens with zero attached hydrogens (tertiary/aromatic N) is 1. The topological polar surface area (TPSA) is 202 Å². The molecule has 296 valence electrons. The standard InChI is InChI=1S/C36H47BN5O10PS2/c1-50-31-15-14-25(20-32(31)51-2)8-3-7-24-9-4-12-28(19-24)52-17-16-38-33(43)13-6-18-55(48,49)40-34(44)26-10-5-11-27(21-26)39-35(45)30-22-29(54)23-42(30)36(46)53-41-37-47/h4-5,9-12,14-15,19-21,29-30,37,41,47,53-54H,3,6-8,13,16-18,22-23H2,1-2H3,(H,38,43)(H,39,45)(H,40,44)/t29-,30-/m0/s1. The molecule has 15 nitrogen and oxygen atoms in total. The van der Waals surface area contributed by atoms with E-state index in [1.54, 1.807) is 14.2 Å². The first-order valence-corrected chi connectivity index (χ1v) is 20.8. The highest BCUT2D eigenvalue weighted by molar-refractivity contribution is 7.90. The lowest BCUT2D eigenvalue weighted by Crippen LogP contribution is -2.42. The molecule has 0 spiro atoms. The molecule has 3 aromatic rings. The van der Waals surface area contributed by atoms with Gasteiger partial charge in [-0.25, -0.2) is 13.1 Å². The van der Waals surface area contributed by atoms with Gasteiger partial charge in [0.15, 0.2) is 11.5 Å². The zero-order valence-electron chi connectivity index (χ0n) is 30.7. The van der Waals surface area contributed by atoms with Crippen molar-refractivity contribution in [1.82, 2.24) is 19.9 Å². The van der Waals surface area contributed by atoms with E-state index in [4.69, 9.17) is 19.2 Å². The molecular formula is C36H47BN5O10PS2. The van der Waals surface area contributed by atoms with Gasteiger partial charge in [-0.2, -0.15) is 12.6 Å². The summed E-state index contributed by atoms with van der Waals surface area (Å²) >= 11 is 4.41. The van der Waals surface area contributed by atoms with Crippen molar-refractivity contribution in [3.8, 4) is 17.2 Å². The molecule has 4 amide bonds. The molecule has 3 aromatic carbocycles. The van der Waals surface area contributed by atoms with E-state index in [0.29, 0.717) is 23.7 Å². The van der Waals surface area contributed by atoms with Crippen LogP contribution in [0.5, 0.6) is 17.2 Å². The first-order valence-electron chi connectivity index (χ1n) is 17.6. The summed E-state index contributed by atoms with van der Waals surface area (Å²) in [7, 11) is -1.65. The lowest BCUT2D eigenvalue weighted by molar-refractivity contribution is -0.121. The van der Waals surface area contributed by atoms with Crippen molar-refractivity contribution in [3.05, 3.63) is 83.4 Å². The van der Waals surface area contributed by atoms with Crippen molar-refractivity contribution in [2.24, 2.45) is 0 Å². The second-order valence-corrected chi connectivity index (χ2v) is 16.2. The Kier molecular flexibility index (Phi) is 17.1. The largest absolute Gasteiger partial charge is 0.493 e. The molecule has 1 aliphatic heterocycles. The van der Waals surface area contributed by atoms with Gasteiger partial charge >= 0.3 is 7.62 Å². The third kappa shape index (κ3) is 14.0. The monoisotopic (exact) mass is 815 g/mol. The van der Waals surface area contributed by atoms with Crippen molar-refractivity contribution >= 4 is 68.1 Å². The lowest BCUT2D eigenvalue weighted by atomic mass is 10.0. The van der Waals surface area contributed by atoms with Crippen molar-refractivity contribution in [2.45, 2.75) is 49.8 Å². The Bertz CT molecular complexity index is 1910. The summed E-state index contributed by atoms with van der Waals surface area (Å²) in [4.78, 5) is 54.6. The van der Waals surface area contributed by atoms with Crippen LogP contribution >= 0.6 is 21.4 Å². The van der Waals surface area contributed by atoms with E-state index < -0.39 is 42.4 Å². The molecule has 1 fully saturated rings. The molecule has 4 rings (SSSR count). The van der Waals surface area contributed by atoms with Crippen LogP contribution in [0.2, 0.25) is 0 Å². The minimum atomic E-state index is -4.08. The fraction of sp³-hybridized carbons (Fsp3) is 0.389. The number of amides is 4. The van der Waals surface area contributed by atoms with Gasteiger partial charge in [-0.3, -0.25) is 19.2 Å². The van der Waals surface area contributed by atoms with Gasteiger partial charge in [0.05, 0.1) is 26.5 Å². The summed E-state index contributed by atoms with van der Waals surface area (Å²) < 4.78 is 43.8. The van der Waals surface area contributed by atoms with Crippen LogP contribution in [-0.4, -0.2) is 100 Å². The third-order valence-electron chi connectivity index (χ3n) is 8.54. The summed E-state index contributed by atoms with van der Waals surface area (Å²) in [5.41, 5.74) is 2.15. The number of anilines is 1. The molecule has 0 aromatic heterocycles. The number of hydrogen-bond acceptors (Lipinski definition) is 12. The molecule has 0 aliphatic carbocycles. The van der Waals surface area contributed by atoms with E-state index in [1.807, 2.05) is 47.2 Å². The maximum Gasteiger partial charge on any atom is 0.361 e. The molecule has 0 bridgehead atoms. The van der Waals surface area contributed by atoms with Gasteiger partial charge in [0.1, 0.15) is 18.4 Å². The molecule has 55 heavy (non-hydrogen) atoms. The quantitative estimate of drug-likeness (QED) is 0.0400. The van der Waals surface area contributed by atoms with Crippen molar-refractivity contribution in [2.75, 3.05) is 45.0 Å². The maximum atomic E-state index is 13.0. The number of aryl methyl sites for hydroxylation is 2. The van der Waals surface area contributed by atoms with E-state index >= 15 is 0 Å². The van der Waals surface area contributed by atoms with Crippen LogP contribution in [0.3, 0.4) is 0 Å². The van der Waals surface area contributed by atoms with E-state index in [1.165, 1.54) is 29.2 Å². The van der Waals surface area contributed by atoms with Crippen LogP contribution in [-0.2, 0) is 32.5 Å². The zero-order valence-corrected chi connectivity index (χ0v) is 33.4. The number of hydrogen-bond donors (Lipinski definition) is 6. The number of thiol groups is 1. The smallest absolute Gasteiger partial charge is 0.361 e. The predicted molar refractivity (Wildman–Crippen MR) is 216 cm³/mol. The summed E-state index contributed by atoms with van der Waals surface area (Å²) in [5, 5.41) is 14.1. The average molecular weight is 816 g/mol. The minimum absolute atomic E-state index is 0.0145. The number of carbonyl (C=O) groups excluding carboxylic acids is 4. The minimum Gasteiger partial charge on any atom is -0.493 e. The highest BCUT2D eigenvalue weighted by Crippen LogP contribution is 2.29. The number of rotatable bonds is 21. The maximum absolute atomic E-state index is 13.0. The van der Waals surface area contributed by atoms with Gasteiger partial charge in [-0.1, -0.05) is 24.3 Å². The van der Waals surface area contributed by atoms with Crippen LogP contribution in [0.25, 0.3) is 0 Å². The Balaban J connectivity index is 1.14. The molecule has 1 unspecified atom stereocenters. The van der Waals surface area contributed by atoms with E-state index in [0.717, 1.165) is 30.4 Å². The number of likely N-dealkylation sites (tertiary alicyclic amines) is 1. The summed E-state index contributed by atoms with van der Waals surface area (Å²) in [6.45, 7) is 0.714. The second kappa shape index (κ2) is 21.7. The van der Waals surface area contributed by atoms with Crippen molar-refractivity contribution < 1.29 is 46.8 Å². The summed E-state index contributed by atoms with van der Waals surface area (Å²) in [5.74, 6) is -0.123. The SMILES string of the molecule is COc1ccc(CCCc2cccc(OCCNC(=O)CCCS(=O)(=O)NC(=O)c3cccc(NC(=O)[C@@H]4C[C@H](S)CN4C(=O)PNBO)c3)c2)cc1OC. The van der Waals surface area contributed by atoms with Crippen molar-refractivity contribution in [1.29, 1.82) is 0 Å². The van der Waals surface area contributed by atoms with Gasteiger partial charge in [-0.15, -0.1) is 0 Å². The van der Waals surface area contributed by atoms with Crippen LogP contribution in [0.1, 0.15) is 47.2 Å². The first-order chi connectivity index (χ1) is 26.4. The number of carbonyl (C=O) groups is 4. The van der Waals surface area contributed by atoms with Crippen molar-refractivity contribution in [3.63, 3.8) is 0 Å². The van der Waals surface area contributed by atoms with Gasteiger partial charge in [-0.05, 0) is 85.7 Å². The third-order valence-corrected chi connectivity index (χ3v) is 11.1. The molecular weight excluding hydrogens is 768 g/mol. The number of benzene rings is 3. The number of ether oxygens (including phenoxy) is 3. The summed E-state index contributed by atoms with van der Waals surface area (Å²) in [6.07, 6.45) is 2.87. The number of methoxy groups -OCH3 is 2. The molecule has 0 saturated carbocycles. The molecule has 19 heteroatoms. The molecule has 0 radical (unpaired) electrons. The van der Waals surface area contributed by atoms with Crippen LogP contribution < -0.4 is 34.6 Å². The molecule has 3 atom stereocenters. The molecule has 1 heterocycles. The predicted octanol–water partition coefficient (Wildman–Crippen LogP) is 2.79. The van der Waals surface area contributed by atoms with Gasteiger partial charge < -0.3 is 39.8 Å². The normalized spacial score (nSPS) is 15.4. The zero-order chi connectivity index (χ0) is 39.8. The van der Waals surface area contributed by atoms with Gasteiger partial charge in [0.25, 0.3) is 11.6 Å². The van der Waals surface area contributed by atoms with E-state index in [2.05, 4.69) is 28.3 Å². The summed E-state index contributed by atoms with van der Waals surface area (Å²) in [6, 6.07) is 18.6. The molecule has 1 aliphatic rings. The Morgan fingerprint density at radius 1 is 0.964 bits per heavy atom. The first kappa shape index (κ1) is 43.4. The van der Waals surface area contributed by atoms with Crippen LogP contribution in [0.4, 0.5) is 10.5 Å². The van der Waals surface area contributed by atoms with Crippen LogP contribution in [0.15, 0.2) is 66.7 Å². The van der Waals surface area contributed by atoms with Gasteiger partial charge in [0, 0.05) is 38.2 Å². The average Bonchev–Trinajstić information content (AvgIpc) is 3.57. The highest BCUT2D eigenvalue weighted by atomic mass is 32.2. The Labute approximate surface area is 329 Å².